The minimum absolute atomic E-state index is 0.0285. The van der Waals surface area contributed by atoms with Crippen molar-refractivity contribution in [3.8, 4) is 0 Å². The molecule has 1 N–H and O–H groups in total. The molecule has 3 nitrogen and oxygen atoms in total. The molecule has 0 aliphatic carbocycles. The van der Waals surface area contributed by atoms with Gasteiger partial charge < -0.3 is 5.11 Å². The van der Waals surface area contributed by atoms with E-state index < -0.39 is 29.8 Å². The summed E-state index contributed by atoms with van der Waals surface area (Å²) in [6.45, 7) is 0. The Morgan fingerprint density at radius 2 is 2.13 bits per heavy atom. The third kappa shape index (κ3) is 3.09. The summed E-state index contributed by atoms with van der Waals surface area (Å²) in [4.78, 5) is 13.4. The maximum atomic E-state index is 12.3. The second-order valence-electron chi connectivity index (χ2n) is 2.73. The lowest BCUT2D eigenvalue weighted by atomic mass is 10.1. The highest BCUT2D eigenvalue weighted by molar-refractivity contribution is 6.30. The van der Waals surface area contributed by atoms with Crippen LogP contribution >= 0.6 is 11.6 Å². The number of carbonyl (C=O) groups is 1. The van der Waals surface area contributed by atoms with Crippen molar-refractivity contribution >= 4 is 17.6 Å². The number of nitrogens with zero attached hydrogens (tertiary/aromatic N) is 1. The lowest BCUT2D eigenvalue weighted by molar-refractivity contribution is -0.142. The van der Waals surface area contributed by atoms with Crippen molar-refractivity contribution in [3.63, 3.8) is 0 Å². The Morgan fingerprint density at radius 1 is 1.53 bits per heavy atom. The second kappa shape index (κ2) is 4.06. The minimum atomic E-state index is -4.67. The number of aromatic nitrogens is 1. The first-order valence-electron chi connectivity index (χ1n) is 3.74. The van der Waals surface area contributed by atoms with Crippen molar-refractivity contribution < 1.29 is 23.1 Å². The molecule has 7 heteroatoms. The Bertz CT molecular complexity index is 392. The summed E-state index contributed by atoms with van der Waals surface area (Å²) in [5, 5.41) is 8.38. The highest BCUT2D eigenvalue weighted by Gasteiger charge is 2.35. The molecule has 0 saturated carbocycles. The molecule has 82 valence electrons. The van der Waals surface area contributed by atoms with E-state index in [-0.39, 0.29) is 5.02 Å². The molecule has 0 aliphatic heterocycles. The van der Waals surface area contributed by atoms with Crippen LogP contribution in [-0.4, -0.2) is 16.1 Å². The van der Waals surface area contributed by atoms with Crippen molar-refractivity contribution in [2.45, 2.75) is 12.6 Å². The van der Waals surface area contributed by atoms with E-state index >= 15 is 0 Å². The molecule has 0 amide bonds. The first-order chi connectivity index (χ1) is 6.80. The van der Waals surface area contributed by atoms with Crippen molar-refractivity contribution in [2.24, 2.45) is 0 Å². The summed E-state index contributed by atoms with van der Waals surface area (Å²) in [7, 11) is 0. The molecular formula is C8H5ClF3NO2. The standard InChI is InChI=1S/C8H5ClF3NO2/c9-5-1-4(2-6(14)15)7(13-3-5)8(10,11)12/h1,3H,2H2,(H,14,15). The van der Waals surface area contributed by atoms with Crippen molar-refractivity contribution in [1.82, 2.24) is 4.98 Å². The van der Waals surface area contributed by atoms with Gasteiger partial charge in [0.1, 0.15) is 5.69 Å². The van der Waals surface area contributed by atoms with Crippen LogP contribution in [0.1, 0.15) is 11.3 Å². The van der Waals surface area contributed by atoms with Crippen LogP contribution in [-0.2, 0) is 17.4 Å². The molecule has 0 atom stereocenters. The first-order valence-corrected chi connectivity index (χ1v) is 4.12. The van der Waals surface area contributed by atoms with Gasteiger partial charge in [-0.05, 0) is 11.6 Å². The van der Waals surface area contributed by atoms with Crippen molar-refractivity contribution in [1.29, 1.82) is 0 Å². The van der Waals surface area contributed by atoms with Crippen LogP contribution < -0.4 is 0 Å². The maximum absolute atomic E-state index is 12.3. The van der Waals surface area contributed by atoms with Crippen LogP contribution in [0, 0.1) is 0 Å². The van der Waals surface area contributed by atoms with Gasteiger partial charge in [-0.15, -0.1) is 0 Å². The van der Waals surface area contributed by atoms with Gasteiger partial charge >= 0.3 is 12.1 Å². The minimum Gasteiger partial charge on any atom is -0.481 e. The Hall–Kier alpha value is -1.30. The van der Waals surface area contributed by atoms with Crippen molar-refractivity contribution in [3.05, 3.63) is 28.5 Å². The average molecular weight is 240 g/mol. The monoisotopic (exact) mass is 239 g/mol. The Kier molecular flexibility index (Phi) is 3.18. The van der Waals surface area contributed by atoms with Gasteiger partial charge in [0, 0.05) is 6.20 Å². The SMILES string of the molecule is O=C(O)Cc1cc(Cl)cnc1C(F)(F)F. The molecular weight excluding hydrogens is 235 g/mol. The number of halogens is 4. The molecule has 0 saturated heterocycles. The third-order valence-corrected chi connectivity index (χ3v) is 1.75. The molecule has 0 aliphatic rings. The van der Waals surface area contributed by atoms with Crippen LogP contribution in [0.15, 0.2) is 12.3 Å². The summed E-state index contributed by atoms with van der Waals surface area (Å²) >= 11 is 5.43. The molecule has 1 aromatic heterocycles. The number of carboxylic acids is 1. The van der Waals surface area contributed by atoms with Gasteiger partial charge in [-0.3, -0.25) is 4.79 Å². The van der Waals surface area contributed by atoms with Crippen LogP contribution in [0.5, 0.6) is 0 Å². The zero-order valence-electron chi connectivity index (χ0n) is 7.18. The molecule has 0 spiro atoms. The number of carboxylic acid groups (broad SMARTS) is 1. The molecule has 0 radical (unpaired) electrons. The van der Waals surface area contributed by atoms with E-state index in [1.807, 2.05) is 0 Å². The molecule has 0 fully saturated rings. The van der Waals surface area contributed by atoms with Crippen LogP contribution in [0.3, 0.4) is 0 Å². The fraction of sp³-hybridized carbons (Fsp3) is 0.250. The molecule has 0 unspecified atom stereocenters. The van der Waals surface area contributed by atoms with Crippen molar-refractivity contribution in [2.75, 3.05) is 0 Å². The molecule has 1 rings (SSSR count). The van der Waals surface area contributed by atoms with E-state index in [0.29, 0.717) is 0 Å². The van der Waals surface area contributed by atoms with Gasteiger partial charge in [0.2, 0.25) is 0 Å². The van der Waals surface area contributed by atoms with Gasteiger partial charge in [0.25, 0.3) is 0 Å². The summed E-state index contributed by atoms with van der Waals surface area (Å²) in [6.07, 6.45) is -4.60. The number of hydrogen-bond acceptors (Lipinski definition) is 2. The van der Waals surface area contributed by atoms with Crippen LogP contribution in [0.25, 0.3) is 0 Å². The van der Waals surface area contributed by atoms with Crippen LogP contribution in [0.2, 0.25) is 5.02 Å². The largest absolute Gasteiger partial charge is 0.481 e. The Balaban J connectivity index is 3.20. The van der Waals surface area contributed by atoms with E-state index in [0.717, 1.165) is 12.3 Å². The highest BCUT2D eigenvalue weighted by atomic mass is 35.5. The lowest BCUT2D eigenvalue weighted by Gasteiger charge is -2.10. The van der Waals surface area contributed by atoms with Gasteiger partial charge in [-0.2, -0.15) is 13.2 Å². The molecule has 1 heterocycles. The summed E-state index contributed by atoms with van der Waals surface area (Å²) in [6, 6.07) is 0.950. The van der Waals surface area contributed by atoms with E-state index in [1.165, 1.54) is 0 Å². The van der Waals surface area contributed by atoms with Gasteiger partial charge in [-0.1, -0.05) is 11.6 Å². The number of hydrogen-bond donors (Lipinski definition) is 1. The van der Waals surface area contributed by atoms with E-state index in [9.17, 15) is 18.0 Å². The average Bonchev–Trinajstić information content (AvgIpc) is 1.99. The molecule has 1 aromatic rings. The Morgan fingerprint density at radius 3 is 2.60 bits per heavy atom. The predicted molar refractivity (Wildman–Crippen MR) is 45.6 cm³/mol. The Labute approximate surface area is 87.5 Å². The van der Waals surface area contributed by atoms with Gasteiger partial charge in [0.05, 0.1) is 11.4 Å². The van der Waals surface area contributed by atoms with Gasteiger partial charge in [-0.25, -0.2) is 4.98 Å². The number of pyridine rings is 1. The van der Waals surface area contributed by atoms with Gasteiger partial charge in [0.15, 0.2) is 0 Å². The molecule has 0 bridgehead atoms. The van der Waals surface area contributed by atoms with Crippen LogP contribution in [0.4, 0.5) is 13.2 Å². The fourth-order valence-electron chi connectivity index (χ4n) is 1.03. The van der Waals surface area contributed by atoms with E-state index in [1.54, 1.807) is 0 Å². The molecule has 0 aromatic carbocycles. The smallest absolute Gasteiger partial charge is 0.433 e. The topological polar surface area (TPSA) is 50.2 Å². The number of rotatable bonds is 2. The third-order valence-electron chi connectivity index (χ3n) is 1.54. The summed E-state index contributed by atoms with van der Waals surface area (Å²) in [5.41, 5.74) is -1.66. The highest BCUT2D eigenvalue weighted by Crippen LogP contribution is 2.31. The zero-order chi connectivity index (χ0) is 11.6. The predicted octanol–water partition coefficient (Wildman–Crippen LogP) is 2.38. The van der Waals surface area contributed by atoms with E-state index in [2.05, 4.69) is 4.98 Å². The molecule has 15 heavy (non-hydrogen) atoms. The zero-order valence-corrected chi connectivity index (χ0v) is 7.93. The van der Waals surface area contributed by atoms with E-state index in [4.69, 9.17) is 16.7 Å². The first kappa shape index (κ1) is 11.8. The summed E-state index contributed by atoms with van der Waals surface area (Å²) in [5.74, 6) is -1.37. The fourth-order valence-corrected chi connectivity index (χ4v) is 1.21. The lowest BCUT2D eigenvalue weighted by Crippen LogP contribution is -2.14. The second-order valence-corrected chi connectivity index (χ2v) is 3.17. The number of aliphatic carboxylic acids is 1. The summed E-state index contributed by atoms with van der Waals surface area (Å²) < 4.78 is 37.0. The quantitative estimate of drug-likeness (QED) is 0.862. The maximum Gasteiger partial charge on any atom is 0.433 e. The normalized spacial score (nSPS) is 11.5. The number of alkyl halides is 3.